The molecular weight excluding hydrogens is 168 g/mol. The van der Waals surface area contributed by atoms with Crippen molar-refractivity contribution in [1.29, 1.82) is 0 Å². The Kier molecular flexibility index (Phi) is 2.67. The summed E-state index contributed by atoms with van der Waals surface area (Å²) in [4.78, 5) is 0. The van der Waals surface area contributed by atoms with Crippen LogP contribution in [0.4, 0.5) is 11.6 Å². The molecule has 0 unspecified atom stereocenters. The van der Waals surface area contributed by atoms with E-state index in [2.05, 4.69) is 15.5 Å². The van der Waals surface area contributed by atoms with Gasteiger partial charge in [-0.2, -0.15) is 0 Å². The van der Waals surface area contributed by atoms with E-state index in [1.165, 1.54) is 0 Å². The molecule has 5 nitrogen and oxygen atoms in total. The fourth-order valence-corrected chi connectivity index (χ4v) is 0.795. The van der Waals surface area contributed by atoms with Gasteiger partial charge in [-0.05, 0) is 26.0 Å². The molecule has 72 valence electrons. The lowest BCUT2D eigenvalue weighted by atomic mass is 10.1. The Labute approximate surface area is 77.0 Å². The summed E-state index contributed by atoms with van der Waals surface area (Å²) >= 11 is 0. The van der Waals surface area contributed by atoms with Gasteiger partial charge in [0.05, 0.1) is 12.1 Å². The predicted molar refractivity (Wildman–Crippen MR) is 51.2 cm³/mol. The molecule has 0 aromatic carbocycles. The first-order valence-electron chi connectivity index (χ1n) is 4.02. The number of aliphatic hydroxyl groups is 1. The van der Waals surface area contributed by atoms with E-state index in [0.717, 1.165) is 0 Å². The lowest BCUT2D eigenvalue weighted by Crippen LogP contribution is -2.35. The molecule has 0 saturated carbocycles. The minimum Gasteiger partial charge on any atom is -0.394 e. The number of nitrogens with two attached hydrogens (primary N) is 1. The van der Waals surface area contributed by atoms with Crippen molar-refractivity contribution in [3.05, 3.63) is 12.1 Å². The summed E-state index contributed by atoms with van der Waals surface area (Å²) in [6, 6.07) is 3.38. The van der Waals surface area contributed by atoms with Crippen LogP contribution in [0.3, 0.4) is 0 Å². The topological polar surface area (TPSA) is 84.1 Å². The summed E-state index contributed by atoms with van der Waals surface area (Å²) < 4.78 is 0. The number of rotatable bonds is 3. The monoisotopic (exact) mass is 182 g/mol. The molecule has 0 aliphatic carbocycles. The summed E-state index contributed by atoms with van der Waals surface area (Å²) in [5, 5.41) is 19.5. The molecule has 1 heterocycles. The van der Waals surface area contributed by atoms with Crippen LogP contribution in [0.5, 0.6) is 0 Å². The lowest BCUT2D eigenvalue weighted by molar-refractivity contribution is 0.234. The SMILES string of the molecule is CC(C)(CO)Nc1ccc(N)nn1. The Bertz CT molecular complexity index is 270. The Morgan fingerprint density at radius 2 is 2.15 bits per heavy atom. The third kappa shape index (κ3) is 2.87. The molecule has 0 saturated heterocycles. The van der Waals surface area contributed by atoms with E-state index in [0.29, 0.717) is 11.6 Å². The highest BCUT2D eigenvalue weighted by Crippen LogP contribution is 2.11. The second kappa shape index (κ2) is 3.57. The van der Waals surface area contributed by atoms with Crippen LogP contribution in [0.1, 0.15) is 13.8 Å². The highest BCUT2D eigenvalue weighted by Gasteiger charge is 2.15. The van der Waals surface area contributed by atoms with Gasteiger partial charge in [-0.25, -0.2) is 0 Å². The van der Waals surface area contributed by atoms with Gasteiger partial charge in [0.25, 0.3) is 0 Å². The zero-order valence-corrected chi connectivity index (χ0v) is 7.78. The number of nitrogen functional groups attached to an aromatic ring is 1. The lowest BCUT2D eigenvalue weighted by Gasteiger charge is -2.23. The molecule has 0 radical (unpaired) electrons. The fourth-order valence-electron chi connectivity index (χ4n) is 0.795. The van der Waals surface area contributed by atoms with E-state index < -0.39 is 5.54 Å². The van der Waals surface area contributed by atoms with E-state index >= 15 is 0 Å². The standard InChI is InChI=1S/C8H14N4O/c1-8(2,5-13)10-7-4-3-6(9)11-12-7/h3-4,13H,5H2,1-2H3,(H2,9,11)(H,10,12). The van der Waals surface area contributed by atoms with E-state index in [4.69, 9.17) is 10.8 Å². The van der Waals surface area contributed by atoms with Gasteiger partial charge in [0.1, 0.15) is 11.6 Å². The smallest absolute Gasteiger partial charge is 0.149 e. The van der Waals surface area contributed by atoms with Gasteiger partial charge in [-0.1, -0.05) is 0 Å². The normalized spacial score (nSPS) is 11.3. The second-order valence-corrected chi connectivity index (χ2v) is 3.51. The highest BCUT2D eigenvalue weighted by molar-refractivity contribution is 5.40. The second-order valence-electron chi connectivity index (χ2n) is 3.51. The number of anilines is 2. The molecule has 0 bridgehead atoms. The van der Waals surface area contributed by atoms with Crippen LogP contribution in [0.15, 0.2) is 12.1 Å². The predicted octanol–water partition coefficient (Wildman–Crippen LogP) is 0.242. The maximum absolute atomic E-state index is 8.97. The first-order valence-corrected chi connectivity index (χ1v) is 4.02. The summed E-state index contributed by atoms with van der Waals surface area (Å²) in [5.74, 6) is 0.987. The van der Waals surface area contributed by atoms with Gasteiger partial charge in [-0.15, -0.1) is 10.2 Å². The molecule has 13 heavy (non-hydrogen) atoms. The van der Waals surface area contributed by atoms with Crippen LogP contribution in [-0.2, 0) is 0 Å². The Morgan fingerprint density at radius 3 is 2.62 bits per heavy atom. The largest absolute Gasteiger partial charge is 0.394 e. The van der Waals surface area contributed by atoms with Crippen LogP contribution in [0.25, 0.3) is 0 Å². The molecule has 0 fully saturated rings. The van der Waals surface area contributed by atoms with Crippen molar-refractivity contribution in [3.63, 3.8) is 0 Å². The van der Waals surface area contributed by atoms with Crippen molar-refractivity contribution in [2.24, 2.45) is 0 Å². The molecule has 0 aliphatic heterocycles. The van der Waals surface area contributed by atoms with E-state index in [9.17, 15) is 0 Å². The number of nitrogens with zero attached hydrogens (tertiary/aromatic N) is 2. The van der Waals surface area contributed by atoms with Crippen LogP contribution < -0.4 is 11.1 Å². The molecule has 0 aliphatic rings. The van der Waals surface area contributed by atoms with Crippen molar-refractivity contribution < 1.29 is 5.11 Å². The van der Waals surface area contributed by atoms with Crippen molar-refractivity contribution in [2.45, 2.75) is 19.4 Å². The maximum atomic E-state index is 8.97. The number of hydrogen-bond donors (Lipinski definition) is 3. The van der Waals surface area contributed by atoms with Gasteiger partial charge in [0.15, 0.2) is 0 Å². The third-order valence-electron chi connectivity index (χ3n) is 1.55. The highest BCUT2D eigenvalue weighted by atomic mass is 16.3. The first-order chi connectivity index (χ1) is 6.03. The molecule has 0 atom stereocenters. The molecule has 4 N–H and O–H groups in total. The van der Waals surface area contributed by atoms with Crippen molar-refractivity contribution in [1.82, 2.24) is 10.2 Å². The third-order valence-corrected chi connectivity index (χ3v) is 1.55. The summed E-state index contributed by atoms with van der Waals surface area (Å²) in [6.45, 7) is 3.76. The summed E-state index contributed by atoms with van der Waals surface area (Å²) in [6.07, 6.45) is 0. The Balaban J connectivity index is 2.69. The molecule has 5 heteroatoms. The van der Waals surface area contributed by atoms with Crippen molar-refractivity contribution in [3.8, 4) is 0 Å². The average Bonchev–Trinajstić information content (AvgIpc) is 2.09. The molecule has 1 aromatic heterocycles. The minimum absolute atomic E-state index is 0.0268. The maximum Gasteiger partial charge on any atom is 0.149 e. The number of aliphatic hydroxyl groups excluding tert-OH is 1. The molecule has 0 amide bonds. The molecule has 0 spiro atoms. The zero-order chi connectivity index (χ0) is 9.90. The molecular formula is C8H14N4O. The molecule has 1 aromatic rings. The van der Waals surface area contributed by atoms with Crippen LogP contribution in [0.2, 0.25) is 0 Å². The Morgan fingerprint density at radius 1 is 1.46 bits per heavy atom. The minimum atomic E-state index is -0.398. The number of nitrogens with one attached hydrogen (secondary N) is 1. The van der Waals surface area contributed by atoms with Crippen LogP contribution >= 0.6 is 0 Å². The van der Waals surface area contributed by atoms with Crippen molar-refractivity contribution in [2.75, 3.05) is 17.7 Å². The average molecular weight is 182 g/mol. The Hall–Kier alpha value is -1.36. The molecule has 1 rings (SSSR count). The zero-order valence-electron chi connectivity index (χ0n) is 7.78. The van der Waals surface area contributed by atoms with Gasteiger partial charge < -0.3 is 16.2 Å². The van der Waals surface area contributed by atoms with Gasteiger partial charge >= 0.3 is 0 Å². The van der Waals surface area contributed by atoms with E-state index in [1.807, 2.05) is 13.8 Å². The number of aromatic nitrogens is 2. The van der Waals surface area contributed by atoms with Crippen LogP contribution in [0, 0.1) is 0 Å². The van der Waals surface area contributed by atoms with E-state index in [-0.39, 0.29) is 6.61 Å². The van der Waals surface area contributed by atoms with Gasteiger partial charge in [-0.3, -0.25) is 0 Å². The van der Waals surface area contributed by atoms with Gasteiger partial charge in [0, 0.05) is 0 Å². The quantitative estimate of drug-likeness (QED) is 0.623. The van der Waals surface area contributed by atoms with Crippen LogP contribution in [-0.4, -0.2) is 27.4 Å². The fraction of sp³-hybridized carbons (Fsp3) is 0.500. The van der Waals surface area contributed by atoms with E-state index in [1.54, 1.807) is 12.1 Å². The first kappa shape index (κ1) is 9.73. The summed E-state index contributed by atoms with van der Waals surface area (Å²) in [5.41, 5.74) is 4.97. The van der Waals surface area contributed by atoms with Crippen molar-refractivity contribution >= 4 is 11.6 Å². The number of hydrogen-bond acceptors (Lipinski definition) is 5. The van der Waals surface area contributed by atoms with Gasteiger partial charge in [0.2, 0.25) is 0 Å². The summed E-state index contributed by atoms with van der Waals surface area (Å²) in [7, 11) is 0.